The van der Waals surface area contributed by atoms with Gasteiger partial charge in [0.15, 0.2) is 0 Å². The van der Waals surface area contributed by atoms with Crippen LogP contribution in [0.3, 0.4) is 0 Å². The molecule has 4 nitrogen and oxygen atoms in total. The molecule has 1 aliphatic rings. The second-order valence-electron chi connectivity index (χ2n) is 18.5. The fourth-order valence-electron chi connectivity index (χ4n) is 9.05. The average Bonchev–Trinajstić information content (AvgIpc) is 4.00. The molecule has 325 valence electrons. The molecule has 0 aliphatic heterocycles. The fraction of sp³-hybridized carbons (Fsp3) is 0.224. The van der Waals surface area contributed by atoms with Gasteiger partial charge in [0, 0.05) is 66.2 Å². The molecule has 0 bridgehead atoms. The number of hydrogen-bond donors (Lipinski definition) is 0. The topological polar surface area (TPSA) is 51.8 Å². The van der Waals surface area contributed by atoms with Crippen LogP contribution < -0.4 is 5.19 Å². The second kappa shape index (κ2) is 20.4. The van der Waals surface area contributed by atoms with E-state index < -0.39 is 8.07 Å². The van der Waals surface area contributed by atoms with Gasteiger partial charge in [-0.2, -0.15) is 0 Å². The van der Waals surface area contributed by atoms with Crippen LogP contribution in [0.2, 0.25) is 19.6 Å². The molecule has 0 N–H and O–H groups in total. The maximum Gasteiger partial charge on any atom is 0.144 e. The van der Waals surface area contributed by atoms with Crippen molar-refractivity contribution in [3.05, 3.63) is 193 Å². The van der Waals surface area contributed by atoms with Crippen LogP contribution in [-0.2, 0) is 25.5 Å². The number of para-hydroxylation sites is 1. The van der Waals surface area contributed by atoms with Crippen molar-refractivity contribution in [2.45, 2.75) is 78.4 Å². The summed E-state index contributed by atoms with van der Waals surface area (Å²) in [5, 5.41) is 3.71. The van der Waals surface area contributed by atoms with Crippen LogP contribution in [0.25, 0.3) is 66.8 Å². The summed E-state index contributed by atoms with van der Waals surface area (Å²) in [4.78, 5) is 13.6. The SMILES string of the molecule is C[Si](C)(C)c1ccc(-c2ccccc2)nc1.Cc1cccc(C)c1-c1ccc2c(c1)oc1c(-c3cc(C(C)(C)C4CCCC4)ccn3)cccc12.[Ir].c1ccc(-c2ccccn2)cc1. The minimum absolute atomic E-state index is 0. The van der Waals surface area contributed by atoms with Gasteiger partial charge >= 0.3 is 0 Å². The maximum atomic E-state index is 6.57. The summed E-state index contributed by atoms with van der Waals surface area (Å²) >= 11 is 0. The van der Waals surface area contributed by atoms with Crippen molar-refractivity contribution in [2.24, 2.45) is 5.92 Å². The Bertz CT molecular complexity index is 2860. The molecule has 9 aromatic rings. The molecule has 0 unspecified atom stereocenters. The number of fused-ring (bicyclic) bond motifs is 3. The van der Waals surface area contributed by atoms with E-state index in [1.165, 1.54) is 64.3 Å². The van der Waals surface area contributed by atoms with Gasteiger partial charge in [0.05, 0.1) is 25.2 Å². The van der Waals surface area contributed by atoms with Crippen molar-refractivity contribution in [2.75, 3.05) is 0 Å². The van der Waals surface area contributed by atoms with Crippen molar-refractivity contribution in [1.29, 1.82) is 0 Å². The Balaban J connectivity index is 0.000000174. The molecule has 6 heteroatoms. The molecule has 1 radical (unpaired) electrons. The first-order valence-electron chi connectivity index (χ1n) is 22.4. The van der Waals surface area contributed by atoms with E-state index in [2.05, 4.69) is 160 Å². The number of benzene rings is 5. The van der Waals surface area contributed by atoms with Crippen LogP contribution in [0.5, 0.6) is 0 Å². The third-order valence-corrected chi connectivity index (χ3v) is 14.9. The third-order valence-electron chi connectivity index (χ3n) is 12.9. The van der Waals surface area contributed by atoms with Gasteiger partial charge in [0.2, 0.25) is 0 Å². The number of aryl methyl sites for hydroxylation is 2. The van der Waals surface area contributed by atoms with E-state index in [0.29, 0.717) is 0 Å². The number of hydrogen-bond acceptors (Lipinski definition) is 4. The predicted octanol–water partition coefficient (Wildman–Crippen LogP) is 15.4. The number of pyridine rings is 3. The van der Waals surface area contributed by atoms with Gasteiger partial charge in [-0.15, -0.1) is 0 Å². The Hall–Kier alpha value is -5.78. The van der Waals surface area contributed by atoms with Gasteiger partial charge in [0.1, 0.15) is 11.2 Å². The molecule has 4 heterocycles. The summed E-state index contributed by atoms with van der Waals surface area (Å²) in [5.74, 6) is 0.739. The minimum atomic E-state index is -1.22. The number of rotatable bonds is 7. The first-order chi connectivity index (χ1) is 30.5. The van der Waals surface area contributed by atoms with Crippen molar-refractivity contribution in [3.63, 3.8) is 0 Å². The molecule has 1 fully saturated rings. The zero-order chi connectivity index (χ0) is 44.0. The molecule has 4 aromatic heterocycles. The van der Waals surface area contributed by atoms with Crippen LogP contribution in [0.1, 0.15) is 56.2 Å². The molecule has 10 rings (SSSR count). The molecule has 5 aromatic carbocycles. The van der Waals surface area contributed by atoms with Crippen molar-refractivity contribution in [3.8, 4) is 44.9 Å². The standard InChI is InChI=1S/C33H33NO.C14H17NSi.C11H9N.Ir/c1-21-9-7-10-22(2)31(21)23-15-16-26-27-13-8-14-28(32(27)35-30(26)19-23)29-20-25(17-18-34-29)33(3,4)24-11-5-6-12-24;1-16(2,3)13-9-10-14(15-11-13)12-7-5-4-6-8-12;1-2-6-10(7-3-1)11-8-4-5-9-12-11;/h7-10,13-20,24H,5-6,11-12H2,1-4H3;4-11H,1-3H3;1-9H;. The van der Waals surface area contributed by atoms with Crippen LogP contribution >= 0.6 is 0 Å². The van der Waals surface area contributed by atoms with Crippen molar-refractivity contribution >= 4 is 35.2 Å². The summed E-state index contributed by atoms with van der Waals surface area (Å²) in [5.41, 5.74) is 14.9. The number of aromatic nitrogens is 3. The summed E-state index contributed by atoms with van der Waals surface area (Å²) < 4.78 is 6.57. The van der Waals surface area contributed by atoms with Crippen molar-refractivity contribution in [1.82, 2.24) is 15.0 Å². The molecular weight excluding hydrogens is 975 g/mol. The Morgan fingerprint density at radius 1 is 0.547 bits per heavy atom. The van der Waals surface area contributed by atoms with Crippen LogP contribution in [0.4, 0.5) is 0 Å². The molecule has 1 aliphatic carbocycles. The molecule has 0 atom stereocenters. The molecule has 0 spiro atoms. The van der Waals surface area contributed by atoms with Gasteiger partial charge < -0.3 is 4.42 Å². The first kappa shape index (κ1) is 46.2. The van der Waals surface area contributed by atoms with Crippen LogP contribution in [-0.4, -0.2) is 23.0 Å². The zero-order valence-electron chi connectivity index (χ0n) is 38.2. The van der Waals surface area contributed by atoms with Gasteiger partial charge in [-0.05, 0) is 120 Å². The molecular formula is C58H59IrN3OSi. The Labute approximate surface area is 394 Å². The van der Waals surface area contributed by atoms with Gasteiger partial charge in [-0.3, -0.25) is 15.0 Å². The fourth-order valence-corrected chi connectivity index (χ4v) is 10.1. The maximum absolute atomic E-state index is 6.57. The number of furan rings is 1. The first-order valence-corrected chi connectivity index (χ1v) is 25.9. The van der Waals surface area contributed by atoms with E-state index in [1.807, 2.05) is 73.2 Å². The Morgan fingerprint density at radius 3 is 1.78 bits per heavy atom. The van der Waals surface area contributed by atoms with E-state index in [0.717, 1.165) is 56.1 Å². The molecule has 1 saturated carbocycles. The summed E-state index contributed by atoms with van der Waals surface area (Å²) in [6, 6.07) is 54.8. The Morgan fingerprint density at radius 2 is 1.17 bits per heavy atom. The van der Waals surface area contributed by atoms with E-state index in [-0.39, 0.29) is 25.5 Å². The smallest absolute Gasteiger partial charge is 0.144 e. The summed E-state index contributed by atoms with van der Waals surface area (Å²) in [6.45, 7) is 16.2. The molecule has 64 heavy (non-hydrogen) atoms. The quantitative estimate of drug-likeness (QED) is 0.149. The van der Waals surface area contributed by atoms with Gasteiger partial charge in [-0.25, -0.2) is 0 Å². The molecule has 0 saturated heterocycles. The van der Waals surface area contributed by atoms with E-state index in [4.69, 9.17) is 9.40 Å². The largest absolute Gasteiger partial charge is 0.455 e. The van der Waals surface area contributed by atoms with Gasteiger partial charge in [-0.1, -0.05) is 156 Å². The van der Waals surface area contributed by atoms with Crippen molar-refractivity contribution < 1.29 is 24.5 Å². The Kier molecular flexibility index (Phi) is 14.7. The van der Waals surface area contributed by atoms with Gasteiger partial charge in [0.25, 0.3) is 0 Å². The minimum Gasteiger partial charge on any atom is -0.455 e. The number of nitrogens with zero attached hydrogens (tertiary/aromatic N) is 3. The van der Waals surface area contributed by atoms with Crippen LogP contribution in [0.15, 0.2) is 181 Å². The second-order valence-corrected chi connectivity index (χ2v) is 23.6. The molecule has 0 amide bonds. The zero-order valence-corrected chi connectivity index (χ0v) is 41.6. The van der Waals surface area contributed by atoms with E-state index in [1.54, 1.807) is 0 Å². The van der Waals surface area contributed by atoms with E-state index in [9.17, 15) is 0 Å². The van der Waals surface area contributed by atoms with E-state index >= 15 is 0 Å². The van der Waals surface area contributed by atoms with Crippen LogP contribution in [0, 0.1) is 19.8 Å². The monoisotopic (exact) mass is 1030 g/mol. The third kappa shape index (κ3) is 10.4. The average molecular weight is 1030 g/mol. The normalized spacial score (nSPS) is 12.8. The summed E-state index contributed by atoms with van der Waals surface area (Å²) in [6.07, 6.45) is 11.2. The predicted molar refractivity (Wildman–Crippen MR) is 269 cm³/mol. The summed E-state index contributed by atoms with van der Waals surface area (Å²) in [7, 11) is -1.22.